The minimum atomic E-state index is -3.82. The van der Waals surface area contributed by atoms with Crippen LogP contribution in [0.4, 0.5) is 40.2 Å². The number of benzene rings is 3. The highest BCUT2D eigenvalue weighted by atomic mass is 32.2. The van der Waals surface area contributed by atoms with Gasteiger partial charge in [-0.15, -0.1) is 0 Å². The van der Waals surface area contributed by atoms with Gasteiger partial charge in [-0.3, -0.25) is 9.52 Å². The van der Waals surface area contributed by atoms with Crippen molar-refractivity contribution >= 4 is 56.1 Å². The average Bonchev–Trinajstić information content (AvgIpc) is 3.01. The molecule has 0 radical (unpaired) electrons. The topological polar surface area (TPSA) is 141 Å². The van der Waals surface area contributed by atoms with Crippen molar-refractivity contribution in [3.63, 3.8) is 0 Å². The first kappa shape index (κ1) is 32.8. The Balaban J connectivity index is 1.60. The van der Waals surface area contributed by atoms with Gasteiger partial charge in [-0.1, -0.05) is 36.4 Å². The lowest BCUT2D eigenvalue weighted by Crippen LogP contribution is -2.29. The Morgan fingerprint density at radius 3 is 2.31 bits per heavy atom. The normalized spacial score (nSPS) is 11.1. The quantitative estimate of drug-likeness (QED) is 0.137. The molecule has 4 rings (SSSR count). The van der Waals surface area contributed by atoms with Gasteiger partial charge in [0.2, 0.25) is 11.9 Å². The van der Waals surface area contributed by atoms with E-state index in [0.29, 0.717) is 40.9 Å². The number of carbonyl (C=O) groups is 1. The van der Waals surface area contributed by atoms with Crippen LogP contribution in [0, 0.1) is 6.92 Å². The van der Waals surface area contributed by atoms with Gasteiger partial charge >= 0.3 is 0 Å². The number of nitrogens with one attached hydrogen (secondary N) is 4. The summed E-state index contributed by atoms with van der Waals surface area (Å²) in [5.74, 6) is 0.808. The third-order valence-corrected chi connectivity index (χ3v) is 8.10. The summed E-state index contributed by atoms with van der Waals surface area (Å²) in [6, 6.07) is 18.8. The number of amides is 1. The molecule has 4 N–H and O–H groups in total. The predicted molar refractivity (Wildman–Crippen MR) is 181 cm³/mol. The van der Waals surface area contributed by atoms with E-state index in [0.717, 1.165) is 17.8 Å². The number of hydrogen-bond acceptors (Lipinski definition) is 10. The van der Waals surface area contributed by atoms with Gasteiger partial charge < -0.3 is 30.5 Å². The number of anilines is 7. The van der Waals surface area contributed by atoms with Crippen LogP contribution >= 0.6 is 0 Å². The molecule has 0 unspecified atom stereocenters. The molecule has 12 nitrogen and oxygen atoms in total. The fourth-order valence-electron chi connectivity index (χ4n) is 4.25. The van der Waals surface area contributed by atoms with Crippen LogP contribution < -0.4 is 30.3 Å². The van der Waals surface area contributed by atoms with E-state index in [1.54, 1.807) is 74.0 Å². The number of likely N-dealkylation sites (N-methyl/N-ethyl adjacent to an activating group) is 2. The fourth-order valence-corrected chi connectivity index (χ4v) is 5.33. The molecule has 3 aromatic carbocycles. The van der Waals surface area contributed by atoms with Gasteiger partial charge in [-0.05, 0) is 63.5 Å². The molecule has 0 aliphatic heterocycles. The van der Waals surface area contributed by atoms with E-state index in [2.05, 4.69) is 42.1 Å². The molecule has 4 aromatic rings. The summed E-state index contributed by atoms with van der Waals surface area (Å²) < 4.78 is 34.5. The highest BCUT2D eigenvalue weighted by Gasteiger charge is 2.18. The van der Waals surface area contributed by atoms with Crippen LogP contribution in [-0.2, 0) is 14.8 Å². The molecular formula is C32H38N8O4S. The van der Waals surface area contributed by atoms with E-state index in [1.807, 2.05) is 39.0 Å². The van der Waals surface area contributed by atoms with Crippen LogP contribution in [-0.4, -0.2) is 70.5 Å². The molecule has 236 valence electrons. The van der Waals surface area contributed by atoms with Gasteiger partial charge in [0, 0.05) is 32.4 Å². The minimum Gasteiger partial charge on any atom is -0.494 e. The van der Waals surface area contributed by atoms with Crippen molar-refractivity contribution in [3.05, 3.63) is 91.1 Å². The standard InChI is InChI=1S/C32H38N8O4S/c1-7-31(41)35-26-20-27(29(44-6)21-28(26)40(5)19-18-39(3)4)36-32-33-17-16-30(37-32)34-24-10-8-9-11-25(24)38-45(42,43)23-14-12-22(2)13-15-23/h7-17,20-21,38H,1,18-19H2,2-6H3,(H,35,41)(H2,33,34,36,37). The lowest BCUT2D eigenvalue weighted by atomic mass is 10.2. The second kappa shape index (κ2) is 14.6. The molecule has 0 saturated carbocycles. The van der Waals surface area contributed by atoms with Gasteiger partial charge in [0.1, 0.15) is 11.6 Å². The summed E-state index contributed by atoms with van der Waals surface area (Å²) in [5, 5.41) is 9.22. The molecule has 1 amide bonds. The Bertz CT molecular complexity index is 1760. The lowest BCUT2D eigenvalue weighted by molar-refractivity contribution is -0.111. The first-order chi connectivity index (χ1) is 21.5. The van der Waals surface area contributed by atoms with Crippen molar-refractivity contribution in [2.24, 2.45) is 0 Å². The number of methoxy groups -OCH3 is 1. The zero-order valence-corrected chi connectivity index (χ0v) is 26.8. The van der Waals surface area contributed by atoms with E-state index >= 15 is 0 Å². The molecule has 0 aliphatic rings. The van der Waals surface area contributed by atoms with Gasteiger partial charge in [-0.25, -0.2) is 13.4 Å². The van der Waals surface area contributed by atoms with E-state index in [4.69, 9.17) is 4.74 Å². The van der Waals surface area contributed by atoms with Crippen LogP contribution in [0.25, 0.3) is 0 Å². The summed E-state index contributed by atoms with van der Waals surface area (Å²) in [6.45, 7) is 6.97. The van der Waals surface area contributed by atoms with Crippen molar-refractivity contribution < 1.29 is 17.9 Å². The van der Waals surface area contributed by atoms with Crippen molar-refractivity contribution in [2.45, 2.75) is 11.8 Å². The van der Waals surface area contributed by atoms with Crippen molar-refractivity contribution in [1.29, 1.82) is 0 Å². The molecular weight excluding hydrogens is 592 g/mol. The number of sulfonamides is 1. The smallest absolute Gasteiger partial charge is 0.261 e. The van der Waals surface area contributed by atoms with E-state index in [9.17, 15) is 13.2 Å². The van der Waals surface area contributed by atoms with Crippen LogP contribution in [0.5, 0.6) is 5.75 Å². The number of nitrogens with zero attached hydrogens (tertiary/aromatic N) is 4. The number of aryl methyl sites for hydroxylation is 1. The van der Waals surface area contributed by atoms with Gasteiger partial charge in [0.25, 0.3) is 10.0 Å². The zero-order chi connectivity index (χ0) is 32.6. The van der Waals surface area contributed by atoms with E-state index in [1.165, 1.54) is 6.08 Å². The molecule has 0 fully saturated rings. The number of rotatable bonds is 14. The van der Waals surface area contributed by atoms with E-state index in [-0.39, 0.29) is 16.8 Å². The molecule has 1 aromatic heterocycles. The third-order valence-electron chi connectivity index (χ3n) is 6.72. The fraction of sp³-hybridized carbons (Fsp3) is 0.219. The van der Waals surface area contributed by atoms with Gasteiger partial charge in [0.05, 0.1) is 40.4 Å². The monoisotopic (exact) mass is 630 g/mol. The SMILES string of the molecule is C=CC(=O)Nc1cc(Nc2nccc(Nc3ccccc3NS(=O)(=O)c3ccc(C)cc3)n2)c(OC)cc1N(C)CCN(C)C. The number of aromatic nitrogens is 2. The van der Waals surface area contributed by atoms with Crippen LogP contribution in [0.2, 0.25) is 0 Å². The first-order valence-electron chi connectivity index (χ1n) is 14.1. The van der Waals surface area contributed by atoms with Crippen LogP contribution in [0.1, 0.15) is 5.56 Å². The molecule has 1 heterocycles. The predicted octanol–water partition coefficient (Wildman–Crippen LogP) is 5.20. The maximum atomic E-state index is 13.1. The molecule has 0 bridgehead atoms. The molecule has 45 heavy (non-hydrogen) atoms. The highest BCUT2D eigenvalue weighted by Crippen LogP contribution is 2.38. The Kier molecular flexibility index (Phi) is 10.6. The zero-order valence-electron chi connectivity index (χ0n) is 26.0. The lowest BCUT2D eigenvalue weighted by Gasteiger charge is -2.26. The summed E-state index contributed by atoms with van der Waals surface area (Å²) >= 11 is 0. The second-order valence-corrected chi connectivity index (χ2v) is 12.1. The number of carbonyl (C=O) groups excluding carboxylic acids is 1. The molecule has 13 heteroatoms. The average molecular weight is 631 g/mol. The first-order valence-corrected chi connectivity index (χ1v) is 15.5. The van der Waals surface area contributed by atoms with Crippen molar-refractivity contribution in [3.8, 4) is 5.75 Å². The van der Waals surface area contributed by atoms with Crippen LogP contribution in [0.15, 0.2) is 90.5 Å². The summed E-state index contributed by atoms with van der Waals surface area (Å²) in [6.07, 6.45) is 2.77. The van der Waals surface area contributed by atoms with Crippen molar-refractivity contribution in [1.82, 2.24) is 14.9 Å². The van der Waals surface area contributed by atoms with Crippen molar-refractivity contribution in [2.75, 3.05) is 66.9 Å². The number of ether oxygens (including phenoxy) is 1. The Morgan fingerprint density at radius 1 is 0.933 bits per heavy atom. The van der Waals surface area contributed by atoms with E-state index < -0.39 is 10.0 Å². The molecule has 0 atom stereocenters. The highest BCUT2D eigenvalue weighted by molar-refractivity contribution is 7.92. The summed E-state index contributed by atoms with van der Waals surface area (Å²) in [4.78, 5) is 25.5. The minimum absolute atomic E-state index is 0.156. The molecule has 0 saturated heterocycles. The summed E-state index contributed by atoms with van der Waals surface area (Å²) in [7, 11) is 3.65. The van der Waals surface area contributed by atoms with Gasteiger partial charge in [-0.2, -0.15) is 4.98 Å². The molecule has 0 spiro atoms. The maximum Gasteiger partial charge on any atom is 0.261 e. The number of hydrogen-bond donors (Lipinski definition) is 4. The second-order valence-electron chi connectivity index (χ2n) is 10.5. The third kappa shape index (κ3) is 8.71. The Morgan fingerprint density at radius 2 is 1.64 bits per heavy atom. The maximum absolute atomic E-state index is 13.1. The molecule has 0 aliphatic carbocycles. The van der Waals surface area contributed by atoms with Gasteiger partial charge in [0.15, 0.2) is 0 Å². The Hall–Kier alpha value is -5.14. The Labute approximate surface area is 264 Å². The largest absolute Gasteiger partial charge is 0.494 e. The number of para-hydroxylation sites is 2. The van der Waals surface area contributed by atoms with Crippen LogP contribution in [0.3, 0.4) is 0 Å². The summed E-state index contributed by atoms with van der Waals surface area (Å²) in [5.41, 5.74) is 3.64.